The molecule has 7 N–H and O–H groups in total. The fourth-order valence-corrected chi connectivity index (χ4v) is 8.08. The van der Waals surface area contributed by atoms with Gasteiger partial charge in [0.2, 0.25) is 5.91 Å². The van der Waals surface area contributed by atoms with E-state index in [1.54, 1.807) is 6.08 Å². The molecule has 1 fully saturated rings. The molecule has 0 aromatic carbocycles. The molecule has 8 atom stereocenters. The van der Waals surface area contributed by atoms with E-state index in [9.17, 15) is 35.4 Å². The van der Waals surface area contributed by atoms with Gasteiger partial charge in [-0.1, -0.05) is 211 Å². The lowest BCUT2D eigenvalue weighted by Crippen LogP contribution is -2.60. The number of aliphatic hydroxyl groups is 6. The molecule has 1 aliphatic rings. The van der Waals surface area contributed by atoms with Crippen LogP contribution in [0.1, 0.15) is 226 Å². The third-order valence-electron chi connectivity index (χ3n) is 12.3. The van der Waals surface area contributed by atoms with Crippen LogP contribution in [-0.2, 0) is 14.3 Å². The monoisotopic (exact) mass is 880 g/mol. The Labute approximate surface area is 379 Å². The van der Waals surface area contributed by atoms with Gasteiger partial charge in [0.1, 0.15) is 30.5 Å². The van der Waals surface area contributed by atoms with Crippen molar-refractivity contribution in [1.82, 2.24) is 5.32 Å². The summed E-state index contributed by atoms with van der Waals surface area (Å²) in [6.45, 7) is 3.59. The maximum atomic E-state index is 13.1. The number of allylic oxidation sites excluding steroid dienone is 5. The van der Waals surface area contributed by atoms with E-state index in [1.807, 2.05) is 6.08 Å². The summed E-state index contributed by atoms with van der Waals surface area (Å²) >= 11 is 0. The molecule has 0 aromatic heterocycles. The van der Waals surface area contributed by atoms with E-state index in [0.717, 1.165) is 44.9 Å². The fraction of sp³-hybridized carbons (Fsp3) is 0.865. The maximum absolute atomic E-state index is 13.1. The molecular weight excluding hydrogens is 783 g/mol. The number of hydrogen-bond acceptors (Lipinski definition) is 9. The summed E-state index contributed by atoms with van der Waals surface area (Å²) in [6.07, 6.45) is 42.5. The van der Waals surface area contributed by atoms with Crippen LogP contribution in [0.4, 0.5) is 0 Å². The first-order valence-corrected chi connectivity index (χ1v) is 25.8. The second kappa shape index (κ2) is 42.0. The molecule has 1 heterocycles. The molecule has 0 aromatic rings. The minimum atomic E-state index is -1.61. The van der Waals surface area contributed by atoms with Gasteiger partial charge in [-0.15, -0.1) is 0 Å². The van der Waals surface area contributed by atoms with E-state index in [2.05, 4.69) is 43.5 Å². The normalized spacial score (nSPS) is 21.1. The molecule has 364 valence electrons. The van der Waals surface area contributed by atoms with E-state index in [-0.39, 0.29) is 6.61 Å². The topological polar surface area (TPSA) is 169 Å². The van der Waals surface area contributed by atoms with Crippen LogP contribution in [0.2, 0.25) is 0 Å². The van der Waals surface area contributed by atoms with Crippen LogP contribution >= 0.6 is 0 Å². The number of nitrogens with one attached hydrogen (secondary N) is 1. The fourth-order valence-electron chi connectivity index (χ4n) is 8.08. The van der Waals surface area contributed by atoms with Crippen molar-refractivity contribution in [3.63, 3.8) is 0 Å². The van der Waals surface area contributed by atoms with E-state index in [1.165, 1.54) is 154 Å². The van der Waals surface area contributed by atoms with Gasteiger partial charge >= 0.3 is 0 Å². The van der Waals surface area contributed by atoms with Crippen molar-refractivity contribution in [2.75, 3.05) is 13.2 Å². The second-order valence-electron chi connectivity index (χ2n) is 18.1. The largest absolute Gasteiger partial charge is 0.394 e. The number of carbonyl (C=O) groups excluding carboxylic acids is 1. The number of unbranched alkanes of at least 4 members (excludes halogenated alkanes) is 28. The van der Waals surface area contributed by atoms with E-state index in [4.69, 9.17) is 9.47 Å². The highest BCUT2D eigenvalue weighted by atomic mass is 16.7. The predicted molar refractivity (Wildman–Crippen MR) is 255 cm³/mol. The van der Waals surface area contributed by atoms with Crippen molar-refractivity contribution in [3.05, 3.63) is 36.5 Å². The molecule has 62 heavy (non-hydrogen) atoms. The van der Waals surface area contributed by atoms with Gasteiger partial charge in [-0.25, -0.2) is 0 Å². The first-order valence-electron chi connectivity index (χ1n) is 25.8. The van der Waals surface area contributed by atoms with Crippen molar-refractivity contribution in [1.29, 1.82) is 0 Å². The molecule has 1 aliphatic heterocycles. The molecule has 0 bridgehead atoms. The van der Waals surface area contributed by atoms with E-state index >= 15 is 0 Å². The van der Waals surface area contributed by atoms with Gasteiger partial charge in [-0.3, -0.25) is 4.79 Å². The smallest absolute Gasteiger partial charge is 0.249 e. The van der Waals surface area contributed by atoms with Crippen molar-refractivity contribution in [2.24, 2.45) is 0 Å². The molecule has 1 rings (SSSR count). The average Bonchev–Trinajstić information content (AvgIpc) is 3.27. The summed E-state index contributed by atoms with van der Waals surface area (Å²) in [4.78, 5) is 13.1. The predicted octanol–water partition coefficient (Wildman–Crippen LogP) is 10.6. The Morgan fingerprint density at radius 3 is 1.44 bits per heavy atom. The SMILES string of the molecule is CCCCCCCCCCC/C=C\C/C=C\CCCCCCCCCCCCC(O)C(=O)NC(COC1OC(CO)C(O)C(O)C1O)C(O)/C=C/CCCCCCCCCCC. The van der Waals surface area contributed by atoms with Crippen LogP contribution < -0.4 is 5.32 Å². The van der Waals surface area contributed by atoms with Gasteiger partial charge in [0.25, 0.3) is 0 Å². The zero-order valence-corrected chi connectivity index (χ0v) is 39.7. The van der Waals surface area contributed by atoms with Crippen LogP contribution in [0.15, 0.2) is 36.5 Å². The summed E-state index contributed by atoms with van der Waals surface area (Å²) in [5.74, 6) is -0.620. The molecule has 0 spiro atoms. The third-order valence-corrected chi connectivity index (χ3v) is 12.3. The van der Waals surface area contributed by atoms with Crippen molar-refractivity contribution >= 4 is 5.91 Å². The van der Waals surface area contributed by atoms with Crippen LogP contribution in [0.3, 0.4) is 0 Å². The van der Waals surface area contributed by atoms with Crippen LogP contribution in [-0.4, -0.2) is 98.7 Å². The summed E-state index contributed by atoms with van der Waals surface area (Å²) < 4.78 is 11.1. The number of ether oxygens (including phenoxy) is 2. The Balaban J connectivity index is 2.26. The van der Waals surface area contributed by atoms with Gasteiger partial charge in [-0.05, 0) is 51.4 Å². The van der Waals surface area contributed by atoms with Crippen LogP contribution in [0.25, 0.3) is 0 Å². The van der Waals surface area contributed by atoms with Crippen LogP contribution in [0, 0.1) is 0 Å². The molecule has 0 saturated carbocycles. The van der Waals surface area contributed by atoms with Crippen LogP contribution in [0.5, 0.6) is 0 Å². The molecule has 10 heteroatoms. The minimum absolute atomic E-state index is 0.306. The molecule has 8 unspecified atom stereocenters. The highest BCUT2D eigenvalue weighted by molar-refractivity contribution is 5.80. The average molecular weight is 880 g/mol. The molecule has 0 aliphatic carbocycles. The summed E-state index contributed by atoms with van der Waals surface area (Å²) in [6, 6.07) is -0.980. The highest BCUT2D eigenvalue weighted by Crippen LogP contribution is 2.23. The Bertz CT molecular complexity index is 1080. The minimum Gasteiger partial charge on any atom is -0.394 e. The van der Waals surface area contributed by atoms with Crippen molar-refractivity contribution < 1.29 is 44.9 Å². The third kappa shape index (κ3) is 31.3. The van der Waals surface area contributed by atoms with Gasteiger partial charge in [0.05, 0.1) is 25.4 Å². The number of rotatable bonds is 43. The number of hydrogen-bond donors (Lipinski definition) is 7. The first kappa shape index (κ1) is 58.4. The zero-order chi connectivity index (χ0) is 45.3. The lowest BCUT2D eigenvalue weighted by molar-refractivity contribution is -0.302. The maximum Gasteiger partial charge on any atom is 0.249 e. The summed E-state index contributed by atoms with van der Waals surface area (Å²) in [7, 11) is 0. The van der Waals surface area contributed by atoms with Gasteiger partial charge < -0.3 is 45.4 Å². The number of carbonyl (C=O) groups is 1. The number of amides is 1. The zero-order valence-electron chi connectivity index (χ0n) is 39.7. The van der Waals surface area contributed by atoms with Gasteiger partial charge in [-0.2, -0.15) is 0 Å². The molecule has 10 nitrogen and oxygen atoms in total. The molecular formula is C52H97NO9. The first-order chi connectivity index (χ1) is 30.3. The molecule has 0 radical (unpaired) electrons. The summed E-state index contributed by atoms with van der Waals surface area (Å²) in [5, 5.41) is 64.7. The van der Waals surface area contributed by atoms with Crippen molar-refractivity contribution in [3.8, 4) is 0 Å². The Morgan fingerprint density at radius 1 is 0.565 bits per heavy atom. The Kier molecular flexibility index (Phi) is 39.6. The van der Waals surface area contributed by atoms with Gasteiger partial charge in [0.15, 0.2) is 6.29 Å². The lowest BCUT2D eigenvalue weighted by atomic mass is 9.99. The quantitative estimate of drug-likeness (QED) is 0.0233. The van der Waals surface area contributed by atoms with Gasteiger partial charge in [0, 0.05) is 0 Å². The Morgan fingerprint density at radius 2 is 0.984 bits per heavy atom. The molecule has 1 saturated heterocycles. The standard InChI is InChI=1S/C52H97NO9/c1-3-5-7-9-11-13-15-16-17-18-19-20-21-22-23-24-25-26-27-28-29-31-33-35-37-39-41-46(56)51(60)53-44(43-61-52-50(59)49(58)48(57)47(42-54)62-52)45(55)40-38-36-34-32-30-14-12-10-8-6-4-2/h19-20,22-23,38,40,44-50,52,54-59H,3-18,21,24-37,39,41-43H2,1-2H3,(H,53,60)/b20-19-,23-22-,40-38+. The van der Waals surface area contributed by atoms with Crippen molar-refractivity contribution in [2.45, 2.75) is 275 Å². The number of aliphatic hydroxyl groups excluding tert-OH is 6. The molecule has 1 amide bonds. The van der Waals surface area contributed by atoms with E-state index < -0.39 is 61.5 Å². The lowest BCUT2D eigenvalue weighted by Gasteiger charge is -2.40. The summed E-state index contributed by atoms with van der Waals surface area (Å²) in [5.41, 5.74) is 0. The second-order valence-corrected chi connectivity index (χ2v) is 18.1. The highest BCUT2D eigenvalue weighted by Gasteiger charge is 2.44. The van der Waals surface area contributed by atoms with E-state index in [0.29, 0.717) is 12.8 Å². The Hall–Kier alpha value is -1.63.